The lowest BCUT2D eigenvalue weighted by Gasteiger charge is -2.06. The molecule has 20 heavy (non-hydrogen) atoms. The minimum Gasteiger partial charge on any atom is -0.375 e. The van der Waals surface area contributed by atoms with Crippen LogP contribution in [0.5, 0.6) is 0 Å². The Hall–Kier alpha value is -2.40. The van der Waals surface area contributed by atoms with Crippen LogP contribution in [0, 0.1) is 10.1 Å². The van der Waals surface area contributed by atoms with E-state index in [1.165, 1.54) is 16.2 Å². The summed E-state index contributed by atoms with van der Waals surface area (Å²) in [4.78, 5) is 10.6. The smallest absolute Gasteiger partial charge is 0.292 e. The zero-order valence-corrected chi connectivity index (χ0v) is 11.4. The summed E-state index contributed by atoms with van der Waals surface area (Å²) in [5.74, 6) is 0. The summed E-state index contributed by atoms with van der Waals surface area (Å²) in [6, 6.07) is 14.9. The van der Waals surface area contributed by atoms with Crippen LogP contribution in [-0.2, 0) is 6.54 Å². The van der Waals surface area contributed by atoms with Crippen LogP contribution in [0.25, 0.3) is 10.1 Å². The van der Waals surface area contributed by atoms with Crippen molar-refractivity contribution in [2.45, 2.75) is 6.54 Å². The first-order valence-electron chi connectivity index (χ1n) is 6.18. The molecular weight excluding hydrogens is 272 g/mol. The number of hydrogen-bond donors (Lipinski definition) is 1. The molecule has 0 spiro atoms. The predicted molar refractivity (Wildman–Crippen MR) is 82.2 cm³/mol. The molecule has 0 saturated heterocycles. The van der Waals surface area contributed by atoms with Crippen LogP contribution in [0.4, 0.5) is 11.4 Å². The van der Waals surface area contributed by atoms with Gasteiger partial charge in [0.2, 0.25) is 0 Å². The van der Waals surface area contributed by atoms with E-state index in [2.05, 4.69) is 22.8 Å². The minimum atomic E-state index is -0.367. The first-order chi connectivity index (χ1) is 9.75. The van der Waals surface area contributed by atoms with E-state index in [4.69, 9.17) is 0 Å². The highest BCUT2D eigenvalue weighted by Crippen LogP contribution is 2.28. The van der Waals surface area contributed by atoms with Gasteiger partial charge in [-0.05, 0) is 28.5 Å². The Bertz CT molecular complexity index is 767. The molecule has 0 atom stereocenters. The van der Waals surface area contributed by atoms with Crippen molar-refractivity contribution >= 4 is 32.8 Å². The molecule has 0 unspecified atom stereocenters. The van der Waals surface area contributed by atoms with Gasteiger partial charge in [0.15, 0.2) is 0 Å². The molecule has 0 aliphatic heterocycles. The topological polar surface area (TPSA) is 55.2 Å². The van der Waals surface area contributed by atoms with Gasteiger partial charge in [0.25, 0.3) is 5.69 Å². The highest BCUT2D eigenvalue weighted by molar-refractivity contribution is 7.17. The third kappa shape index (κ3) is 2.35. The average Bonchev–Trinajstić information content (AvgIpc) is 2.88. The Morgan fingerprint density at radius 3 is 2.70 bits per heavy atom. The van der Waals surface area contributed by atoms with Crippen LogP contribution >= 0.6 is 11.3 Å². The van der Waals surface area contributed by atoms with Crippen molar-refractivity contribution < 1.29 is 4.92 Å². The van der Waals surface area contributed by atoms with E-state index in [1.54, 1.807) is 29.5 Å². The molecule has 0 fully saturated rings. The van der Waals surface area contributed by atoms with Gasteiger partial charge >= 0.3 is 0 Å². The summed E-state index contributed by atoms with van der Waals surface area (Å²) in [5.41, 5.74) is 1.81. The molecule has 100 valence electrons. The summed E-state index contributed by atoms with van der Waals surface area (Å²) in [7, 11) is 0. The van der Waals surface area contributed by atoms with E-state index in [-0.39, 0.29) is 10.6 Å². The average molecular weight is 284 g/mol. The third-order valence-corrected chi connectivity index (χ3v) is 4.14. The van der Waals surface area contributed by atoms with E-state index in [0.717, 1.165) is 5.56 Å². The maximum atomic E-state index is 11.0. The van der Waals surface area contributed by atoms with E-state index < -0.39 is 0 Å². The Morgan fingerprint density at radius 1 is 1.10 bits per heavy atom. The van der Waals surface area contributed by atoms with E-state index in [9.17, 15) is 10.1 Å². The number of para-hydroxylation sites is 2. The van der Waals surface area contributed by atoms with Crippen LogP contribution in [0.15, 0.2) is 53.9 Å². The van der Waals surface area contributed by atoms with Crippen molar-refractivity contribution in [2.75, 3.05) is 5.32 Å². The minimum absolute atomic E-state index is 0.104. The quantitative estimate of drug-likeness (QED) is 0.570. The zero-order valence-electron chi connectivity index (χ0n) is 10.6. The monoisotopic (exact) mass is 284 g/mol. The Balaban J connectivity index is 1.85. The highest BCUT2D eigenvalue weighted by Gasteiger charge is 2.12. The number of nitro groups is 1. The fourth-order valence-corrected chi connectivity index (χ4v) is 3.11. The Labute approximate surface area is 119 Å². The van der Waals surface area contributed by atoms with Crippen LogP contribution in [-0.4, -0.2) is 4.92 Å². The van der Waals surface area contributed by atoms with Gasteiger partial charge in [-0.3, -0.25) is 10.1 Å². The van der Waals surface area contributed by atoms with Crippen molar-refractivity contribution in [3.8, 4) is 0 Å². The van der Waals surface area contributed by atoms with E-state index in [0.29, 0.717) is 12.2 Å². The van der Waals surface area contributed by atoms with Gasteiger partial charge in [0.1, 0.15) is 5.69 Å². The molecule has 1 N–H and O–H groups in total. The molecule has 0 saturated carbocycles. The summed E-state index contributed by atoms with van der Waals surface area (Å²) in [6.45, 7) is 0.578. The first kappa shape index (κ1) is 12.6. The number of hydrogen-bond acceptors (Lipinski definition) is 4. The van der Waals surface area contributed by atoms with Gasteiger partial charge in [-0.1, -0.05) is 30.3 Å². The van der Waals surface area contributed by atoms with Crippen molar-refractivity contribution in [3.05, 3.63) is 69.6 Å². The summed E-state index contributed by atoms with van der Waals surface area (Å²) >= 11 is 1.69. The van der Waals surface area contributed by atoms with Gasteiger partial charge in [-0.2, -0.15) is 0 Å². The fourth-order valence-electron chi connectivity index (χ4n) is 2.14. The summed E-state index contributed by atoms with van der Waals surface area (Å²) < 4.78 is 1.23. The molecule has 0 aliphatic carbocycles. The van der Waals surface area contributed by atoms with Gasteiger partial charge in [0.05, 0.1) is 4.92 Å². The molecule has 0 bridgehead atoms. The fraction of sp³-hybridized carbons (Fsp3) is 0.0667. The van der Waals surface area contributed by atoms with Gasteiger partial charge in [0, 0.05) is 17.3 Å². The second-order valence-corrected chi connectivity index (χ2v) is 5.30. The second kappa shape index (κ2) is 5.30. The lowest BCUT2D eigenvalue weighted by atomic mass is 10.1. The molecule has 5 heteroatoms. The summed E-state index contributed by atoms with van der Waals surface area (Å²) in [5, 5.41) is 17.4. The molecule has 2 aromatic carbocycles. The first-order valence-corrected chi connectivity index (χ1v) is 7.06. The number of nitrogens with zero attached hydrogens (tertiary/aromatic N) is 1. The van der Waals surface area contributed by atoms with Gasteiger partial charge < -0.3 is 5.32 Å². The SMILES string of the molecule is O=[N+]([O-])c1ccccc1NCc1csc2ccccc12. The van der Waals surface area contributed by atoms with Crippen molar-refractivity contribution in [2.24, 2.45) is 0 Å². The van der Waals surface area contributed by atoms with E-state index in [1.807, 2.05) is 12.1 Å². The zero-order chi connectivity index (χ0) is 13.9. The number of benzene rings is 2. The van der Waals surface area contributed by atoms with Crippen LogP contribution in [0.2, 0.25) is 0 Å². The highest BCUT2D eigenvalue weighted by atomic mass is 32.1. The predicted octanol–water partition coefficient (Wildman–Crippen LogP) is 4.42. The molecule has 4 nitrogen and oxygen atoms in total. The van der Waals surface area contributed by atoms with Gasteiger partial charge in [-0.15, -0.1) is 11.3 Å². The van der Waals surface area contributed by atoms with Crippen LogP contribution in [0.1, 0.15) is 5.56 Å². The van der Waals surface area contributed by atoms with Gasteiger partial charge in [-0.25, -0.2) is 0 Å². The van der Waals surface area contributed by atoms with Crippen LogP contribution < -0.4 is 5.32 Å². The second-order valence-electron chi connectivity index (χ2n) is 4.38. The lowest BCUT2D eigenvalue weighted by molar-refractivity contribution is -0.384. The standard InChI is InChI=1S/C15H12N2O2S/c18-17(19)14-7-3-2-6-13(14)16-9-11-10-20-15-8-4-1-5-12(11)15/h1-8,10,16H,9H2. The normalized spacial score (nSPS) is 10.6. The maximum Gasteiger partial charge on any atom is 0.292 e. The Morgan fingerprint density at radius 2 is 1.85 bits per heavy atom. The maximum absolute atomic E-state index is 11.0. The number of fused-ring (bicyclic) bond motifs is 1. The van der Waals surface area contributed by atoms with E-state index >= 15 is 0 Å². The number of thiophene rings is 1. The number of anilines is 1. The molecule has 3 rings (SSSR count). The Kier molecular flexibility index (Phi) is 3.35. The largest absolute Gasteiger partial charge is 0.375 e. The third-order valence-electron chi connectivity index (χ3n) is 3.13. The lowest BCUT2D eigenvalue weighted by Crippen LogP contribution is -2.01. The van der Waals surface area contributed by atoms with Crippen molar-refractivity contribution in [1.82, 2.24) is 0 Å². The molecule has 0 radical (unpaired) electrons. The van der Waals surface area contributed by atoms with Crippen molar-refractivity contribution in [3.63, 3.8) is 0 Å². The molecular formula is C15H12N2O2S. The summed E-state index contributed by atoms with van der Waals surface area (Å²) in [6.07, 6.45) is 0. The van der Waals surface area contributed by atoms with Crippen molar-refractivity contribution in [1.29, 1.82) is 0 Å². The number of nitro benzene ring substituents is 1. The molecule has 0 aliphatic rings. The molecule has 3 aromatic rings. The molecule has 1 heterocycles. The number of nitrogens with one attached hydrogen (secondary N) is 1. The molecule has 1 aromatic heterocycles. The molecule has 0 amide bonds. The number of rotatable bonds is 4. The van der Waals surface area contributed by atoms with Crippen LogP contribution in [0.3, 0.4) is 0 Å².